The zero-order chi connectivity index (χ0) is 20.2. The van der Waals surface area contributed by atoms with Gasteiger partial charge in [-0.3, -0.25) is 19.1 Å². The monoisotopic (exact) mass is 375 g/mol. The van der Waals surface area contributed by atoms with Crippen LogP contribution in [0.15, 0.2) is 24.4 Å². The number of likely N-dealkylation sites (N-methyl/N-ethyl adjacent to an activating group) is 1. The Morgan fingerprint density at radius 3 is 2.61 bits per heavy atom. The van der Waals surface area contributed by atoms with Gasteiger partial charge >= 0.3 is 0 Å². The number of amides is 1. The minimum absolute atomic E-state index is 0.0189. The highest BCUT2D eigenvalue weighted by molar-refractivity contribution is 6.34. The SMILES string of the molecule is [B]c1cc2c3c(cn(C(C)=O)c3c1)CC1C2=C[C@@H](C(=O)N(CC)CC)CN1C. The predicted molar refractivity (Wildman–Crippen MR) is 113 cm³/mol. The van der Waals surface area contributed by atoms with Gasteiger partial charge in [0.2, 0.25) is 11.8 Å². The van der Waals surface area contributed by atoms with E-state index < -0.39 is 0 Å². The highest BCUT2D eigenvalue weighted by atomic mass is 16.2. The molecular formula is C22H26BN3O2. The number of rotatable bonds is 3. The first kappa shape index (κ1) is 19.0. The molecule has 2 heterocycles. The van der Waals surface area contributed by atoms with Gasteiger partial charge in [-0.2, -0.15) is 0 Å². The molecule has 0 saturated carbocycles. The lowest BCUT2D eigenvalue weighted by atomic mass is 9.77. The summed E-state index contributed by atoms with van der Waals surface area (Å²) < 4.78 is 1.70. The standard InChI is InChI=1S/C22H26BN3O2/c1-5-25(6-2)22(28)15-7-17-18-9-16(23)10-20-21(18)14(12-26(20)13(3)27)8-19(17)24(4)11-15/h7,9-10,12,15,19H,5-6,8,11H2,1-4H3/t15-,19?/m1/s1. The van der Waals surface area contributed by atoms with Gasteiger partial charge in [-0.25, -0.2) is 0 Å². The van der Waals surface area contributed by atoms with Crippen molar-refractivity contribution in [2.45, 2.75) is 33.2 Å². The van der Waals surface area contributed by atoms with Crippen molar-refractivity contribution >= 4 is 41.6 Å². The summed E-state index contributed by atoms with van der Waals surface area (Å²) in [5.41, 5.74) is 4.88. The topological polar surface area (TPSA) is 45.6 Å². The Bertz CT molecular complexity index is 1000. The zero-order valence-corrected chi connectivity index (χ0v) is 17.0. The van der Waals surface area contributed by atoms with E-state index in [0.717, 1.165) is 41.5 Å². The largest absolute Gasteiger partial charge is 0.343 e. The maximum Gasteiger partial charge on any atom is 0.230 e. The summed E-state index contributed by atoms with van der Waals surface area (Å²) in [6.07, 6.45) is 4.93. The number of carbonyl (C=O) groups excluding carboxylic acids is 2. The number of hydrogen-bond donors (Lipinski definition) is 0. The predicted octanol–water partition coefficient (Wildman–Crippen LogP) is 1.83. The lowest BCUT2D eigenvalue weighted by Crippen LogP contribution is -2.47. The smallest absolute Gasteiger partial charge is 0.230 e. The molecule has 2 radical (unpaired) electrons. The average molecular weight is 375 g/mol. The molecule has 0 bridgehead atoms. The van der Waals surface area contributed by atoms with Crippen LogP contribution in [0, 0.1) is 5.92 Å². The number of fused-ring (bicyclic) bond motifs is 2. The molecule has 2 atom stereocenters. The van der Waals surface area contributed by atoms with E-state index in [-0.39, 0.29) is 23.8 Å². The third-order valence-electron chi connectivity index (χ3n) is 6.22. The molecule has 1 aliphatic heterocycles. The molecule has 2 aromatic rings. The number of aromatic nitrogens is 1. The molecule has 0 spiro atoms. The molecule has 1 amide bonds. The van der Waals surface area contributed by atoms with Crippen LogP contribution in [-0.4, -0.2) is 66.8 Å². The molecule has 1 aromatic carbocycles. The summed E-state index contributed by atoms with van der Waals surface area (Å²) in [6.45, 7) is 7.75. The van der Waals surface area contributed by atoms with Gasteiger partial charge in [-0.05, 0) is 50.1 Å². The molecule has 144 valence electrons. The maximum absolute atomic E-state index is 13.0. The number of carbonyl (C=O) groups is 2. The lowest BCUT2D eigenvalue weighted by molar-refractivity contribution is -0.134. The van der Waals surface area contributed by atoms with Gasteiger partial charge < -0.3 is 4.90 Å². The van der Waals surface area contributed by atoms with Crippen LogP contribution >= 0.6 is 0 Å². The van der Waals surface area contributed by atoms with Gasteiger partial charge in [-0.1, -0.05) is 17.6 Å². The van der Waals surface area contributed by atoms with E-state index in [9.17, 15) is 9.59 Å². The average Bonchev–Trinajstić information content (AvgIpc) is 3.02. The van der Waals surface area contributed by atoms with Gasteiger partial charge in [-0.15, -0.1) is 0 Å². The second-order valence-corrected chi connectivity index (χ2v) is 7.90. The van der Waals surface area contributed by atoms with E-state index in [1.165, 1.54) is 5.56 Å². The van der Waals surface area contributed by atoms with E-state index in [2.05, 4.69) is 18.0 Å². The van der Waals surface area contributed by atoms with E-state index in [1.807, 2.05) is 37.1 Å². The van der Waals surface area contributed by atoms with Crippen molar-refractivity contribution < 1.29 is 9.59 Å². The molecule has 0 saturated heterocycles. The van der Waals surface area contributed by atoms with Gasteiger partial charge in [0.25, 0.3) is 0 Å². The Kier molecular flexibility index (Phi) is 4.70. The molecule has 4 rings (SSSR count). The quantitative estimate of drug-likeness (QED) is 0.769. The Balaban J connectivity index is 1.89. The number of hydrogen-bond acceptors (Lipinski definition) is 3. The van der Waals surface area contributed by atoms with Gasteiger partial charge in [0.05, 0.1) is 11.4 Å². The fourth-order valence-electron chi connectivity index (χ4n) is 4.83. The molecule has 1 unspecified atom stereocenters. The van der Waals surface area contributed by atoms with E-state index >= 15 is 0 Å². The third-order valence-corrected chi connectivity index (χ3v) is 6.22. The molecule has 5 nitrogen and oxygen atoms in total. The molecule has 0 N–H and O–H groups in total. The minimum atomic E-state index is -0.163. The zero-order valence-electron chi connectivity index (χ0n) is 17.0. The van der Waals surface area contributed by atoms with Gasteiger partial charge in [0, 0.05) is 44.2 Å². The fourth-order valence-corrected chi connectivity index (χ4v) is 4.83. The molecule has 28 heavy (non-hydrogen) atoms. The van der Waals surface area contributed by atoms with Crippen molar-refractivity contribution in [3.8, 4) is 0 Å². The highest BCUT2D eigenvalue weighted by Crippen LogP contribution is 2.41. The third kappa shape index (κ3) is 2.82. The Morgan fingerprint density at radius 1 is 1.25 bits per heavy atom. The van der Waals surface area contributed by atoms with Crippen LogP contribution in [0.1, 0.15) is 36.7 Å². The Morgan fingerprint density at radius 2 is 1.96 bits per heavy atom. The van der Waals surface area contributed by atoms with Crippen molar-refractivity contribution in [2.24, 2.45) is 5.92 Å². The summed E-state index contributed by atoms with van der Waals surface area (Å²) in [6, 6.07) is 4.06. The van der Waals surface area contributed by atoms with Crippen molar-refractivity contribution in [1.82, 2.24) is 14.4 Å². The summed E-state index contributed by atoms with van der Waals surface area (Å²) in [7, 11) is 8.28. The lowest BCUT2D eigenvalue weighted by Gasteiger charge is -2.40. The first-order valence-electron chi connectivity index (χ1n) is 10.0. The van der Waals surface area contributed by atoms with Crippen LogP contribution < -0.4 is 5.46 Å². The van der Waals surface area contributed by atoms with Crippen LogP contribution in [0.4, 0.5) is 0 Å². The molecule has 1 aliphatic carbocycles. The maximum atomic E-state index is 13.0. The van der Waals surface area contributed by atoms with Crippen molar-refractivity contribution in [3.05, 3.63) is 35.5 Å². The van der Waals surface area contributed by atoms with E-state index in [4.69, 9.17) is 7.85 Å². The summed E-state index contributed by atoms with van der Waals surface area (Å²) in [4.78, 5) is 29.3. The van der Waals surface area contributed by atoms with Gasteiger partial charge in [0.15, 0.2) is 0 Å². The second kappa shape index (κ2) is 6.92. The first-order chi connectivity index (χ1) is 13.3. The first-order valence-corrected chi connectivity index (χ1v) is 10.0. The molecule has 1 aromatic heterocycles. The summed E-state index contributed by atoms with van der Waals surface area (Å²) in [5, 5.41) is 1.09. The Labute approximate surface area is 167 Å². The summed E-state index contributed by atoms with van der Waals surface area (Å²) in [5.74, 6) is -0.00582. The molecular weight excluding hydrogens is 349 g/mol. The van der Waals surface area contributed by atoms with Crippen molar-refractivity contribution in [2.75, 3.05) is 26.7 Å². The normalized spacial score (nSPS) is 21.4. The van der Waals surface area contributed by atoms with E-state index in [1.54, 1.807) is 11.5 Å². The fraction of sp³-hybridized carbons (Fsp3) is 0.455. The van der Waals surface area contributed by atoms with Crippen LogP contribution in [0.5, 0.6) is 0 Å². The van der Waals surface area contributed by atoms with Crippen LogP contribution in [0.2, 0.25) is 0 Å². The molecule has 2 aliphatic rings. The van der Waals surface area contributed by atoms with E-state index in [0.29, 0.717) is 12.0 Å². The minimum Gasteiger partial charge on any atom is -0.343 e. The van der Waals surface area contributed by atoms with Crippen molar-refractivity contribution in [1.29, 1.82) is 0 Å². The van der Waals surface area contributed by atoms with Crippen LogP contribution in [0.25, 0.3) is 16.5 Å². The number of benzene rings is 1. The van der Waals surface area contributed by atoms with Crippen molar-refractivity contribution in [3.63, 3.8) is 0 Å². The number of nitrogens with zero attached hydrogens (tertiary/aromatic N) is 3. The molecule has 6 heteroatoms. The Hall–Kier alpha value is -2.34. The second-order valence-electron chi connectivity index (χ2n) is 7.90. The summed E-state index contributed by atoms with van der Waals surface area (Å²) >= 11 is 0. The highest BCUT2D eigenvalue weighted by Gasteiger charge is 2.37. The van der Waals surface area contributed by atoms with Gasteiger partial charge in [0.1, 0.15) is 7.85 Å². The van der Waals surface area contributed by atoms with Crippen LogP contribution in [0.3, 0.4) is 0 Å². The van der Waals surface area contributed by atoms with Crippen LogP contribution in [-0.2, 0) is 11.2 Å². The molecule has 0 fully saturated rings.